The fourth-order valence-electron chi connectivity index (χ4n) is 0.526. The first-order valence-electron chi connectivity index (χ1n) is 3.79. The number of nitrogens with one attached hydrogen (secondary N) is 1. The summed E-state index contributed by atoms with van der Waals surface area (Å²) >= 11 is 10.7. The highest BCUT2D eigenvalue weighted by Crippen LogP contribution is 2.07. The molecule has 0 aromatic heterocycles. The molecule has 5 heteroatoms. The Morgan fingerprint density at radius 3 is 2.38 bits per heavy atom. The van der Waals surface area contributed by atoms with Crippen LogP contribution in [-0.2, 0) is 4.74 Å². The lowest BCUT2D eigenvalue weighted by Gasteiger charge is -2.19. The van der Waals surface area contributed by atoms with Gasteiger partial charge in [0.1, 0.15) is 10.1 Å². The van der Waals surface area contributed by atoms with E-state index in [9.17, 15) is 4.79 Å². The number of amides is 1. The molecule has 3 nitrogen and oxygen atoms in total. The van der Waals surface area contributed by atoms with Gasteiger partial charge in [0.25, 0.3) is 0 Å². The number of carbonyl (C=O) groups is 1. The standard InChI is InChI=1S/C8H13Cl2NO2/c1-8(2,3)13-7(12)11-5-4-6(9)10/h4H,5H2,1-3H3,(H,11,12). The summed E-state index contributed by atoms with van der Waals surface area (Å²) in [6, 6.07) is 0. The maximum Gasteiger partial charge on any atom is 0.407 e. The molecule has 0 spiro atoms. The Hall–Kier alpha value is -0.410. The molecule has 0 bridgehead atoms. The fraction of sp³-hybridized carbons (Fsp3) is 0.625. The van der Waals surface area contributed by atoms with Crippen LogP contribution in [0.2, 0.25) is 0 Å². The van der Waals surface area contributed by atoms with Gasteiger partial charge in [-0.15, -0.1) is 0 Å². The molecule has 0 saturated carbocycles. The third-order valence-corrected chi connectivity index (χ3v) is 1.21. The van der Waals surface area contributed by atoms with Crippen molar-refractivity contribution in [3.05, 3.63) is 10.6 Å². The zero-order valence-corrected chi connectivity index (χ0v) is 9.37. The molecule has 0 rings (SSSR count). The maximum atomic E-state index is 11.0. The van der Waals surface area contributed by atoms with Gasteiger partial charge in [-0.3, -0.25) is 0 Å². The molecule has 0 aliphatic heterocycles. The smallest absolute Gasteiger partial charge is 0.407 e. The number of hydrogen-bond donors (Lipinski definition) is 1. The Bertz CT molecular complexity index is 205. The Labute approximate surface area is 88.0 Å². The Morgan fingerprint density at radius 1 is 1.46 bits per heavy atom. The van der Waals surface area contributed by atoms with E-state index in [0.29, 0.717) is 0 Å². The molecule has 0 heterocycles. The zero-order chi connectivity index (χ0) is 10.5. The molecule has 0 atom stereocenters. The van der Waals surface area contributed by atoms with E-state index >= 15 is 0 Å². The molecule has 1 amide bonds. The minimum absolute atomic E-state index is 0.121. The van der Waals surface area contributed by atoms with Crippen LogP contribution in [0, 0.1) is 0 Å². The lowest BCUT2D eigenvalue weighted by atomic mass is 10.2. The van der Waals surface area contributed by atoms with Crippen molar-refractivity contribution in [1.82, 2.24) is 5.32 Å². The van der Waals surface area contributed by atoms with Gasteiger partial charge in [-0.05, 0) is 26.8 Å². The molecule has 0 unspecified atom stereocenters. The average Bonchev–Trinajstić information content (AvgIpc) is 1.81. The molecule has 0 aromatic rings. The minimum Gasteiger partial charge on any atom is -0.444 e. The quantitative estimate of drug-likeness (QED) is 0.786. The molecule has 0 radical (unpaired) electrons. The third-order valence-electron chi connectivity index (χ3n) is 0.902. The molecule has 0 aliphatic rings. The molecule has 76 valence electrons. The SMILES string of the molecule is CC(C)(C)OC(=O)NCC=C(Cl)Cl. The largest absolute Gasteiger partial charge is 0.444 e. The van der Waals surface area contributed by atoms with Gasteiger partial charge in [0.05, 0.1) is 0 Å². The lowest BCUT2D eigenvalue weighted by molar-refractivity contribution is 0.0534. The van der Waals surface area contributed by atoms with Crippen LogP contribution in [0.4, 0.5) is 4.79 Å². The molecule has 0 aliphatic carbocycles. The lowest BCUT2D eigenvalue weighted by Crippen LogP contribution is -2.32. The second kappa shape index (κ2) is 5.35. The van der Waals surface area contributed by atoms with Crippen molar-refractivity contribution in [2.24, 2.45) is 0 Å². The van der Waals surface area contributed by atoms with E-state index in [1.54, 1.807) is 20.8 Å². The summed E-state index contributed by atoms with van der Waals surface area (Å²) in [5.74, 6) is 0. The molecular formula is C8H13Cl2NO2. The van der Waals surface area contributed by atoms with E-state index in [2.05, 4.69) is 5.32 Å². The predicted molar refractivity (Wildman–Crippen MR) is 54.0 cm³/mol. The van der Waals surface area contributed by atoms with E-state index in [1.165, 1.54) is 6.08 Å². The molecular weight excluding hydrogens is 213 g/mol. The Balaban J connectivity index is 3.71. The van der Waals surface area contributed by atoms with Gasteiger partial charge < -0.3 is 10.1 Å². The summed E-state index contributed by atoms with van der Waals surface area (Å²) in [5.41, 5.74) is -0.488. The molecule has 1 N–H and O–H groups in total. The van der Waals surface area contributed by atoms with E-state index in [1.807, 2.05) is 0 Å². The van der Waals surface area contributed by atoms with Gasteiger partial charge in [0.2, 0.25) is 0 Å². The highest BCUT2D eigenvalue weighted by molar-refractivity contribution is 6.55. The molecule has 0 saturated heterocycles. The van der Waals surface area contributed by atoms with Crippen LogP contribution in [-0.4, -0.2) is 18.2 Å². The number of ether oxygens (including phenoxy) is 1. The van der Waals surface area contributed by atoms with Gasteiger partial charge in [-0.25, -0.2) is 4.79 Å². The number of alkyl carbamates (subject to hydrolysis) is 1. The van der Waals surface area contributed by atoms with Gasteiger partial charge in [0, 0.05) is 6.54 Å². The number of hydrogen-bond acceptors (Lipinski definition) is 2. The van der Waals surface area contributed by atoms with E-state index in [4.69, 9.17) is 27.9 Å². The first-order chi connectivity index (χ1) is 5.81. The van der Waals surface area contributed by atoms with Crippen LogP contribution in [0.15, 0.2) is 10.6 Å². The van der Waals surface area contributed by atoms with Gasteiger partial charge in [-0.1, -0.05) is 23.2 Å². The van der Waals surface area contributed by atoms with Crippen LogP contribution in [0.3, 0.4) is 0 Å². The van der Waals surface area contributed by atoms with Crippen LogP contribution >= 0.6 is 23.2 Å². The van der Waals surface area contributed by atoms with Gasteiger partial charge >= 0.3 is 6.09 Å². The monoisotopic (exact) mass is 225 g/mol. The number of rotatable bonds is 2. The first kappa shape index (κ1) is 12.6. The van der Waals surface area contributed by atoms with E-state index in [0.717, 1.165) is 0 Å². The van der Waals surface area contributed by atoms with Crippen LogP contribution in [0.1, 0.15) is 20.8 Å². The Kier molecular flexibility index (Phi) is 5.18. The van der Waals surface area contributed by atoms with Gasteiger partial charge in [0.15, 0.2) is 0 Å². The van der Waals surface area contributed by atoms with E-state index < -0.39 is 11.7 Å². The van der Waals surface area contributed by atoms with Crippen molar-refractivity contribution < 1.29 is 9.53 Å². The molecule has 0 aromatic carbocycles. The van der Waals surface area contributed by atoms with Crippen molar-refractivity contribution in [2.75, 3.05) is 6.54 Å². The summed E-state index contributed by atoms with van der Waals surface area (Å²) in [6.07, 6.45) is 0.978. The summed E-state index contributed by atoms with van der Waals surface area (Å²) in [7, 11) is 0. The topological polar surface area (TPSA) is 38.3 Å². The van der Waals surface area contributed by atoms with Crippen LogP contribution < -0.4 is 5.32 Å². The summed E-state index contributed by atoms with van der Waals surface area (Å²) in [4.78, 5) is 11.0. The maximum absolute atomic E-state index is 11.0. The van der Waals surface area contributed by atoms with Crippen molar-refractivity contribution in [3.63, 3.8) is 0 Å². The number of carbonyl (C=O) groups excluding carboxylic acids is 1. The summed E-state index contributed by atoms with van der Waals surface area (Å²) < 4.78 is 5.08. The van der Waals surface area contributed by atoms with Crippen LogP contribution in [0.25, 0.3) is 0 Å². The van der Waals surface area contributed by atoms with Crippen molar-refractivity contribution in [1.29, 1.82) is 0 Å². The fourth-order valence-corrected chi connectivity index (χ4v) is 0.680. The normalized spacial score (nSPS) is 10.5. The molecule has 0 fully saturated rings. The van der Waals surface area contributed by atoms with Crippen LogP contribution in [0.5, 0.6) is 0 Å². The second-order valence-corrected chi connectivity index (χ2v) is 4.38. The first-order valence-corrected chi connectivity index (χ1v) is 4.55. The van der Waals surface area contributed by atoms with Crippen molar-refractivity contribution in [3.8, 4) is 0 Å². The van der Waals surface area contributed by atoms with Gasteiger partial charge in [-0.2, -0.15) is 0 Å². The molecule has 13 heavy (non-hydrogen) atoms. The van der Waals surface area contributed by atoms with Crippen molar-refractivity contribution >= 4 is 29.3 Å². The summed E-state index contributed by atoms with van der Waals surface area (Å²) in [5, 5.41) is 2.46. The van der Waals surface area contributed by atoms with E-state index in [-0.39, 0.29) is 11.0 Å². The number of halogens is 2. The average molecular weight is 226 g/mol. The second-order valence-electron chi connectivity index (χ2n) is 3.38. The summed E-state index contributed by atoms with van der Waals surface area (Å²) in [6.45, 7) is 5.63. The van der Waals surface area contributed by atoms with Crippen molar-refractivity contribution in [2.45, 2.75) is 26.4 Å². The third kappa shape index (κ3) is 9.50. The highest BCUT2D eigenvalue weighted by atomic mass is 35.5. The highest BCUT2D eigenvalue weighted by Gasteiger charge is 2.14. The zero-order valence-electron chi connectivity index (χ0n) is 7.86. The Morgan fingerprint density at radius 2 is 2.00 bits per heavy atom. The minimum atomic E-state index is -0.488. The predicted octanol–water partition coefficient (Wildman–Crippen LogP) is 2.83.